The topological polar surface area (TPSA) is 51.1 Å². The quantitative estimate of drug-likeness (QED) is 0.794. The average Bonchev–Trinajstić information content (AvgIpc) is 2.79. The summed E-state index contributed by atoms with van der Waals surface area (Å²) in [5.74, 6) is -0.0859. The molecule has 1 heterocycles. The Morgan fingerprint density at radius 3 is 2.57 bits per heavy atom. The number of benzene rings is 2. The van der Waals surface area contributed by atoms with Crippen molar-refractivity contribution in [2.24, 2.45) is 0 Å². The second-order valence-electron chi connectivity index (χ2n) is 5.66. The molecule has 0 radical (unpaired) electrons. The van der Waals surface area contributed by atoms with E-state index in [0.29, 0.717) is 6.54 Å². The lowest BCUT2D eigenvalue weighted by molar-refractivity contribution is -0.116. The first-order valence-corrected chi connectivity index (χ1v) is 8.31. The highest BCUT2D eigenvalue weighted by atomic mass is 32.1. The molecular weight excluding hydrogens is 308 g/mol. The molecule has 118 valence electrons. The largest absolute Gasteiger partial charge is 0.326 e. The summed E-state index contributed by atoms with van der Waals surface area (Å²) in [7, 11) is 0. The third-order valence-electron chi connectivity index (χ3n) is 3.64. The van der Waals surface area contributed by atoms with E-state index in [-0.39, 0.29) is 17.2 Å². The van der Waals surface area contributed by atoms with Gasteiger partial charge in [-0.05, 0) is 49.2 Å². The molecule has 1 aromatic heterocycles. The van der Waals surface area contributed by atoms with Crippen LogP contribution in [-0.4, -0.2) is 10.5 Å². The number of para-hydroxylation sites is 1. The van der Waals surface area contributed by atoms with Crippen LogP contribution < -0.4 is 10.2 Å². The van der Waals surface area contributed by atoms with Crippen LogP contribution in [0.5, 0.6) is 0 Å². The van der Waals surface area contributed by atoms with Gasteiger partial charge in [0, 0.05) is 18.7 Å². The summed E-state index contributed by atoms with van der Waals surface area (Å²) < 4.78 is 2.62. The lowest BCUT2D eigenvalue weighted by Crippen LogP contribution is -2.19. The molecule has 0 bridgehead atoms. The zero-order valence-corrected chi connectivity index (χ0v) is 13.9. The van der Waals surface area contributed by atoms with Crippen LogP contribution in [0.4, 0.5) is 5.69 Å². The number of nitrogens with one attached hydrogen (secondary N) is 1. The Bertz CT molecular complexity index is 904. The van der Waals surface area contributed by atoms with Crippen molar-refractivity contribution in [1.29, 1.82) is 0 Å². The number of rotatable bonds is 4. The van der Waals surface area contributed by atoms with Crippen LogP contribution in [0.2, 0.25) is 0 Å². The predicted molar refractivity (Wildman–Crippen MR) is 95.2 cm³/mol. The van der Waals surface area contributed by atoms with E-state index in [2.05, 4.69) is 11.4 Å². The molecule has 2 aromatic carbocycles. The SMILES string of the molecule is Cc1cc(C)cc(NC(=O)CCn2c(=O)sc3ccccc32)c1. The Kier molecular flexibility index (Phi) is 4.30. The number of anilines is 1. The van der Waals surface area contributed by atoms with Gasteiger partial charge in [-0.3, -0.25) is 14.2 Å². The number of carbonyl (C=O) groups is 1. The predicted octanol–water partition coefficient (Wildman–Crippen LogP) is 3.71. The highest BCUT2D eigenvalue weighted by Crippen LogP contribution is 2.17. The molecule has 0 atom stereocenters. The summed E-state index contributed by atoms with van der Waals surface area (Å²) in [5, 5.41) is 2.90. The minimum atomic E-state index is -0.0859. The molecule has 0 aliphatic rings. The average molecular weight is 326 g/mol. The fourth-order valence-corrected chi connectivity index (χ4v) is 3.63. The van der Waals surface area contributed by atoms with Crippen LogP contribution in [0.1, 0.15) is 17.5 Å². The molecule has 23 heavy (non-hydrogen) atoms. The van der Waals surface area contributed by atoms with Gasteiger partial charge in [-0.2, -0.15) is 0 Å². The lowest BCUT2D eigenvalue weighted by Gasteiger charge is -2.08. The molecule has 3 aromatic rings. The molecular formula is C18H18N2O2S. The van der Waals surface area contributed by atoms with Crippen molar-refractivity contribution in [3.05, 3.63) is 63.3 Å². The van der Waals surface area contributed by atoms with Crippen LogP contribution >= 0.6 is 11.3 Å². The van der Waals surface area contributed by atoms with E-state index in [1.165, 1.54) is 11.3 Å². The van der Waals surface area contributed by atoms with Crippen molar-refractivity contribution in [2.75, 3.05) is 5.32 Å². The van der Waals surface area contributed by atoms with Gasteiger partial charge in [-0.15, -0.1) is 0 Å². The van der Waals surface area contributed by atoms with Crippen molar-refractivity contribution in [2.45, 2.75) is 26.8 Å². The van der Waals surface area contributed by atoms with Gasteiger partial charge in [0.05, 0.1) is 10.2 Å². The number of thiazole rings is 1. The maximum absolute atomic E-state index is 12.2. The van der Waals surface area contributed by atoms with E-state index in [1.54, 1.807) is 4.57 Å². The van der Waals surface area contributed by atoms with E-state index in [1.807, 2.05) is 50.2 Å². The van der Waals surface area contributed by atoms with E-state index in [9.17, 15) is 9.59 Å². The van der Waals surface area contributed by atoms with Gasteiger partial charge >= 0.3 is 4.87 Å². The number of carbonyl (C=O) groups excluding carboxylic acids is 1. The Morgan fingerprint density at radius 2 is 1.83 bits per heavy atom. The maximum atomic E-state index is 12.2. The molecule has 4 nitrogen and oxygen atoms in total. The van der Waals surface area contributed by atoms with E-state index < -0.39 is 0 Å². The highest BCUT2D eigenvalue weighted by molar-refractivity contribution is 7.16. The number of aryl methyl sites for hydroxylation is 3. The summed E-state index contributed by atoms with van der Waals surface area (Å²) in [5.41, 5.74) is 3.91. The second kappa shape index (κ2) is 6.38. The summed E-state index contributed by atoms with van der Waals surface area (Å²) in [6.07, 6.45) is 0.271. The lowest BCUT2D eigenvalue weighted by atomic mass is 10.1. The van der Waals surface area contributed by atoms with Crippen molar-refractivity contribution in [3.8, 4) is 0 Å². The van der Waals surface area contributed by atoms with Gasteiger partial charge in [0.1, 0.15) is 0 Å². The molecule has 1 N–H and O–H groups in total. The molecule has 0 unspecified atom stereocenters. The molecule has 5 heteroatoms. The first kappa shape index (κ1) is 15.5. The number of hydrogen-bond donors (Lipinski definition) is 1. The van der Waals surface area contributed by atoms with Gasteiger partial charge in [0.25, 0.3) is 0 Å². The smallest absolute Gasteiger partial charge is 0.308 e. The molecule has 3 rings (SSSR count). The minimum Gasteiger partial charge on any atom is -0.326 e. The Balaban J connectivity index is 1.71. The zero-order chi connectivity index (χ0) is 16.4. The standard InChI is InChI=1S/C18H18N2O2S/c1-12-9-13(2)11-14(10-12)19-17(21)7-8-20-15-5-3-4-6-16(15)23-18(20)22/h3-6,9-11H,7-8H2,1-2H3,(H,19,21). The second-order valence-corrected chi connectivity index (χ2v) is 6.66. The maximum Gasteiger partial charge on any atom is 0.308 e. The van der Waals surface area contributed by atoms with Gasteiger partial charge < -0.3 is 5.32 Å². The van der Waals surface area contributed by atoms with Crippen molar-refractivity contribution in [1.82, 2.24) is 4.57 Å². The molecule has 1 amide bonds. The number of fused-ring (bicyclic) bond motifs is 1. The highest BCUT2D eigenvalue weighted by Gasteiger charge is 2.09. The van der Waals surface area contributed by atoms with Gasteiger partial charge in [0.2, 0.25) is 5.91 Å². The molecule has 0 aliphatic carbocycles. The fourth-order valence-electron chi connectivity index (χ4n) is 2.71. The van der Waals surface area contributed by atoms with E-state index >= 15 is 0 Å². The summed E-state index contributed by atoms with van der Waals surface area (Å²) in [6, 6.07) is 13.6. The third-order valence-corrected chi connectivity index (χ3v) is 4.60. The Morgan fingerprint density at radius 1 is 1.13 bits per heavy atom. The number of aromatic nitrogens is 1. The molecule has 0 saturated carbocycles. The van der Waals surface area contributed by atoms with Crippen LogP contribution in [0.15, 0.2) is 47.3 Å². The molecule has 0 fully saturated rings. The van der Waals surface area contributed by atoms with Crippen LogP contribution in [0, 0.1) is 13.8 Å². The van der Waals surface area contributed by atoms with Crippen LogP contribution in [0.25, 0.3) is 10.2 Å². The number of hydrogen-bond acceptors (Lipinski definition) is 3. The Hall–Kier alpha value is -2.40. The monoisotopic (exact) mass is 326 g/mol. The van der Waals surface area contributed by atoms with Crippen LogP contribution in [-0.2, 0) is 11.3 Å². The first-order valence-electron chi connectivity index (χ1n) is 7.49. The summed E-state index contributed by atoms with van der Waals surface area (Å²) in [6.45, 7) is 4.39. The molecule has 0 aliphatic heterocycles. The van der Waals surface area contributed by atoms with Crippen molar-refractivity contribution in [3.63, 3.8) is 0 Å². The summed E-state index contributed by atoms with van der Waals surface area (Å²) >= 11 is 1.21. The third kappa shape index (κ3) is 3.51. The van der Waals surface area contributed by atoms with Crippen molar-refractivity contribution < 1.29 is 4.79 Å². The number of nitrogens with zero attached hydrogens (tertiary/aromatic N) is 1. The Labute approximate surface area is 138 Å². The normalized spacial score (nSPS) is 10.9. The fraction of sp³-hybridized carbons (Fsp3) is 0.222. The van der Waals surface area contributed by atoms with Crippen LogP contribution in [0.3, 0.4) is 0 Å². The van der Waals surface area contributed by atoms with Crippen molar-refractivity contribution >= 4 is 33.1 Å². The molecule has 0 spiro atoms. The number of amides is 1. The molecule has 0 saturated heterocycles. The van der Waals surface area contributed by atoms with E-state index in [4.69, 9.17) is 0 Å². The van der Waals surface area contributed by atoms with E-state index in [0.717, 1.165) is 27.0 Å². The zero-order valence-electron chi connectivity index (χ0n) is 13.1. The van der Waals surface area contributed by atoms with Gasteiger partial charge in [0.15, 0.2) is 0 Å². The summed E-state index contributed by atoms with van der Waals surface area (Å²) in [4.78, 5) is 24.2. The minimum absolute atomic E-state index is 0.0228. The van der Waals surface area contributed by atoms with Gasteiger partial charge in [-0.25, -0.2) is 0 Å². The first-order chi connectivity index (χ1) is 11.0. The van der Waals surface area contributed by atoms with Gasteiger partial charge in [-0.1, -0.05) is 29.5 Å².